The second kappa shape index (κ2) is 8.61. The number of halogens is 8. The third-order valence-electron chi connectivity index (χ3n) is 4.62. The minimum absolute atomic E-state index is 0.984. The van der Waals surface area contributed by atoms with Crippen LogP contribution in [0.25, 0.3) is 0 Å². The van der Waals surface area contributed by atoms with Crippen molar-refractivity contribution >= 4 is 34.7 Å². The zero-order chi connectivity index (χ0) is 23.7. The molecule has 28 heavy (non-hydrogen) atoms. The second-order valence-corrected chi connectivity index (χ2v) is 9.75. The molecule has 0 spiro atoms. The van der Waals surface area contributed by atoms with Crippen molar-refractivity contribution in [3.05, 3.63) is 0 Å². The van der Waals surface area contributed by atoms with E-state index in [2.05, 4.69) is 0 Å². The van der Waals surface area contributed by atoms with Crippen LogP contribution < -0.4 is 0 Å². The third-order valence-corrected chi connectivity index (χ3v) is 7.89. The lowest BCUT2D eigenvalue weighted by molar-refractivity contribution is 0.170. The molecule has 0 aromatic carbocycles. The Labute approximate surface area is 157 Å². The molecular formula is C9H19B2F8NO6S2-2. The number of rotatable bonds is 2. The Balaban J connectivity index is 0. The van der Waals surface area contributed by atoms with E-state index in [1.807, 2.05) is 0 Å². The van der Waals surface area contributed by atoms with Gasteiger partial charge in [0.05, 0.1) is 0 Å². The van der Waals surface area contributed by atoms with Gasteiger partial charge in [0.2, 0.25) is 0 Å². The van der Waals surface area contributed by atoms with Gasteiger partial charge in [-0.25, -0.2) is 0 Å². The molecule has 172 valence electrons. The van der Waals surface area contributed by atoms with Crippen molar-refractivity contribution in [2.24, 2.45) is 5.92 Å². The summed E-state index contributed by atoms with van der Waals surface area (Å²) in [4.78, 5) is 1.26. The Morgan fingerprint density at radius 3 is 1.18 bits per heavy atom. The highest BCUT2D eigenvalue weighted by Gasteiger charge is 2.67. The van der Waals surface area contributed by atoms with Crippen molar-refractivity contribution in [3.8, 4) is 0 Å². The number of likely N-dealkylation sites (tertiary alicyclic amines) is 1. The zero-order valence-corrected chi connectivity index (χ0v) is 16.8. The molecule has 3 atom stereocenters. The molecule has 1 saturated heterocycles. The summed E-state index contributed by atoms with van der Waals surface area (Å²) in [6.07, 6.45) is 0. The third kappa shape index (κ3) is 8.00. The molecule has 1 aliphatic rings. The lowest BCUT2D eigenvalue weighted by atomic mass is 9.83. The molecule has 0 amide bonds. The first-order chi connectivity index (χ1) is 11.7. The summed E-state index contributed by atoms with van der Waals surface area (Å²) in [6, 6.07) is 0. The molecule has 19 heteroatoms. The Kier molecular flexibility index (Phi) is 9.09. The molecule has 0 saturated carbocycles. The van der Waals surface area contributed by atoms with Gasteiger partial charge in [-0.1, -0.05) is 6.92 Å². The Hall–Kier alpha value is -0.650. The van der Waals surface area contributed by atoms with Gasteiger partial charge in [-0.3, -0.25) is 14.0 Å². The van der Waals surface area contributed by atoms with Crippen molar-refractivity contribution in [1.29, 1.82) is 0 Å². The number of hydrogen-bond acceptors (Lipinski definition) is 5. The van der Waals surface area contributed by atoms with Gasteiger partial charge in [0.15, 0.2) is 0 Å². The van der Waals surface area contributed by atoms with Crippen LogP contribution in [0.1, 0.15) is 27.7 Å². The van der Waals surface area contributed by atoms with E-state index in [0.717, 1.165) is 0 Å². The first-order valence-electron chi connectivity index (χ1n) is 7.10. The average molecular weight is 475 g/mol. The monoisotopic (exact) mass is 475 g/mol. The summed E-state index contributed by atoms with van der Waals surface area (Å²) in [5, 5.41) is -1.38. The lowest BCUT2D eigenvalue weighted by Gasteiger charge is -2.40. The van der Waals surface area contributed by atoms with Gasteiger partial charge in [0.25, 0.3) is 20.2 Å². The second-order valence-electron chi connectivity index (χ2n) is 6.44. The maximum Gasteiger partial charge on any atom is 0.673 e. The summed E-state index contributed by atoms with van der Waals surface area (Å²) in [7, 11) is -19.5. The minimum atomic E-state index is -6.00. The normalized spacial score (nSPS) is 28.7. The molecule has 0 bridgehead atoms. The van der Waals surface area contributed by atoms with Crippen LogP contribution in [0.3, 0.4) is 0 Å². The number of nitrogens with zero attached hydrogens (tertiary/aromatic N) is 1. The summed E-state index contributed by atoms with van der Waals surface area (Å²) in [6.45, 7) is 5.71. The van der Waals surface area contributed by atoms with E-state index in [0.29, 0.717) is 0 Å². The maximum atomic E-state index is 11.7. The van der Waals surface area contributed by atoms with Crippen molar-refractivity contribution in [3.63, 3.8) is 0 Å². The first-order valence-corrected chi connectivity index (χ1v) is 10.0. The SMILES string of the molecule is CC1C(S(=O)(=O)O)N(C)C(C)(C)C1(C)S(=O)(=O)O.F[B-](F)(F)F.F[B-](F)(F)F. The Morgan fingerprint density at radius 2 is 1.07 bits per heavy atom. The van der Waals surface area contributed by atoms with Crippen LogP contribution in [-0.2, 0) is 20.2 Å². The summed E-state index contributed by atoms with van der Waals surface area (Å²) in [5.74, 6) is -0.984. The van der Waals surface area contributed by atoms with Gasteiger partial charge in [-0.05, 0) is 27.8 Å². The summed E-state index contributed by atoms with van der Waals surface area (Å²) >= 11 is 0. The predicted octanol–water partition coefficient (Wildman–Crippen LogP) is 2.81. The highest BCUT2D eigenvalue weighted by molar-refractivity contribution is 7.88. The fourth-order valence-corrected chi connectivity index (χ4v) is 5.75. The molecule has 0 aliphatic carbocycles. The van der Waals surface area contributed by atoms with Crippen LogP contribution in [0.5, 0.6) is 0 Å². The van der Waals surface area contributed by atoms with Gasteiger partial charge in [-0.15, -0.1) is 0 Å². The van der Waals surface area contributed by atoms with Crippen LogP contribution in [0, 0.1) is 5.92 Å². The van der Waals surface area contributed by atoms with Crippen LogP contribution in [-0.4, -0.2) is 68.1 Å². The van der Waals surface area contributed by atoms with E-state index in [-0.39, 0.29) is 0 Å². The van der Waals surface area contributed by atoms with Gasteiger partial charge < -0.3 is 34.5 Å². The largest absolute Gasteiger partial charge is 0.673 e. The first kappa shape index (κ1) is 29.6. The molecule has 2 N–H and O–H groups in total. The molecule has 0 aromatic heterocycles. The van der Waals surface area contributed by atoms with E-state index in [4.69, 9.17) is 0 Å². The summed E-state index contributed by atoms with van der Waals surface area (Å²) in [5.41, 5.74) is -1.15. The average Bonchev–Trinajstić information content (AvgIpc) is 2.42. The highest BCUT2D eigenvalue weighted by atomic mass is 32.2. The number of hydrogen-bond donors (Lipinski definition) is 2. The molecule has 1 aliphatic heterocycles. The standard InChI is InChI=1S/C9H19NO6S2.2BF4/c1-6-7(17(11,12)13)10(5)8(2,3)9(6,4)18(14,15)16;2*2-1(3,4)5/h6-7H,1-5H3,(H,11,12,13)(H,14,15,16);;/q;2*-1. The molecule has 0 aromatic rings. The summed E-state index contributed by atoms with van der Waals surface area (Å²) < 4.78 is 141. The van der Waals surface area contributed by atoms with Crippen molar-refractivity contribution in [2.75, 3.05) is 7.05 Å². The smallest absolute Gasteiger partial charge is 0.418 e. The topological polar surface area (TPSA) is 112 Å². The molecule has 1 heterocycles. The van der Waals surface area contributed by atoms with E-state index in [9.17, 15) is 60.5 Å². The van der Waals surface area contributed by atoms with Crippen molar-refractivity contribution < 1.29 is 60.5 Å². The molecular weight excluding hydrogens is 456 g/mol. The van der Waals surface area contributed by atoms with Crippen LogP contribution in [0.4, 0.5) is 34.5 Å². The van der Waals surface area contributed by atoms with E-state index in [1.54, 1.807) is 0 Å². The quantitative estimate of drug-likeness (QED) is 0.359. The Morgan fingerprint density at radius 1 is 0.821 bits per heavy atom. The van der Waals surface area contributed by atoms with Crippen molar-refractivity contribution in [1.82, 2.24) is 4.90 Å². The Bertz CT molecular complexity index is 717. The maximum absolute atomic E-state index is 11.7. The van der Waals surface area contributed by atoms with Gasteiger partial charge in [0.1, 0.15) is 10.1 Å². The molecule has 1 rings (SSSR count). The van der Waals surface area contributed by atoms with Crippen LogP contribution in [0.15, 0.2) is 0 Å². The predicted molar refractivity (Wildman–Crippen MR) is 86.7 cm³/mol. The fourth-order valence-electron chi connectivity index (χ4n) is 2.84. The lowest BCUT2D eigenvalue weighted by Crippen LogP contribution is -2.56. The van der Waals surface area contributed by atoms with Gasteiger partial charge in [0, 0.05) is 11.5 Å². The highest BCUT2D eigenvalue weighted by Crippen LogP contribution is 2.50. The van der Waals surface area contributed by atoms with Crippen LogP contribution >= 0.6 is 0 Å². The molecule has 7 nitrogen and oxygen atoms in total. The van der Waals surface area contributed by atoms with Gasteiger partial charge >= 0.3 is 14.5 Å². The van der Waals surface area contributed by atoms with Crippen LogP contribution in [0.2, 0.25) is 0 Å². The van der Waals surface area contributed by atoms with E-state index >= 15 is 0 Å². The molecule has 0 radical (unpaired) electrons. The minimum Gasteiger partial charge on any atom is -0.418 e. The van der Waals surface area contributed by atoms with Crippen molar-refractivity contribution in [2.45, 2.75) is 43.4 Å². The molecule has 3 unspecified atom stereocenters. The fraction of sp³-hybridized carbons (Fsp3) is 1.00. The van der Waals surface area contributed by atoms with E-state index < -0.39 is 56.3 Å². The molecule has 1 fully saturated rings. The van der Waals surface area contributed by atoms with Gasteiger partial charge in [-0.2, -0.15) is 16.8 Å². The van der Waals surface area contributed by atoms with E-state index in [1.165, 1.54) is 39.6 Å². The zero-order valence-electron chi connectivity index (χ0n) is 15.1.